The first-order valence-corrected chi connectivity index (χ1v) is 11.2. The minimum Gasteiger partial charge on any atom is -0.508 e. The maximum absolute atomic E-state index is 11.1. The first-order valence-electron chi connectivity index (χ1n) is 11.2. The topological polar surface area (TPSA) is 55.5 Å². The van der Waals surface area contributed by atoms with Gasteiger partial charge in [-0.3, -0.25) is 0 Å². The van der Waals surface area contributed by atoms with Gasteiger partial charge in [0.05, 0.1) is 6.20 Å². The molecule has 2 aliphatic rings. The van der Waals surface area contributed by atoms with Gasteiger partial charge >= 0.3 is 0 Å². The Kier molecular flexibility index (Phi) is 5.16. The number of phenolic OH excluding ortho intramolecular Hbond substituents is 1. The lowest BCUT2D eigenvalue weighted by atomic mass is 9.66. The fourth-order valence-corrected chi connectivity index (χ4v) is 5.33. The molecule has 0 radical (unpaired) electrons. The molecule has 2 heterocycles. The van der Waals surface area contributed by atoms with Gasteiger partial charge in [0.2, 0.25) is 0 Å². The molecule has 0 amide bonds. The van der Waals surface area contributed by atoms with Crippen LogP contribution in [0.1, 0.15) is 95.1 Å². The lowest BCUT2D eigenvalue weighted by molar-refractivity contribution is 0.00383. The van der Waals surface area contributed by atoms with Crippen molar-refractivity contribution in [3.63, 3.8) is 0 Å². The highest BCUT2D eigenvalue weighted by Crippen LogP contribution is 2.54. The molecule has 158 valence electrons. The van der Waals surface area contributed by atoms with E-state index < -0.39 is 0 Å². The van der Waals surface area contributed by atoms with Gasteiger partial charge in [0.25, 0.3) is 0 Å². The van der Waals surface area contributed by atoms with Crippen molar-refractivity contribution in [2.75, 3.05) is 0 Å². The number of unbranched alkanes of at least 4 members (excludes halogenated alkanes) is 3. The zero-order valence-corrected chi connectivity index (χ0v) is 18.5. The number of aromatic hydroxyl groups is 1. The SMILES string of the molecule is CCCCCCC(C)(C)c1cc(O)c2c(c1)OC(C)(C)[C@@H]1Cc3cnoc3C[C@@H]21. The second-order valence-electron chi connectivity index (χ2n) is 10.2. The molecule has 2 aromatic rings. The highest BCUT2D eigenvalue weighted by atomic mass is 16.5. The first-order chi connectivity index (χ1) is 13.7. The number of benzene rings is 1. The Morgan fingerprint density at radius 2 is 1.97 bits per heavy atom. The Labute approximate surface area is 174 Å². The Balaban J connectivity index is 1.67. The van der Waals surface area contributed by atoms with Gasteiger partial charge < -0.3 is 14.4 Å². The molecule has 2 atom stereocenters. The quantitative estimate of drug-likeness (QED) is 0.581. The summed E-state index contributed by atoms with van der Waals surface area (Å²) in [5.41, 5.74) is 2.99. The normalized spacial score (nSPS) is 22.4. The molecule has 0 saturated carbocycles. The monoisotopic (exact) mass is 397 g/mol. The Morgan fingerprint density at radius 1 is 1.17 bits per heavy atom. The molecule has 4 nitrogen and oxygen atoms in total. The molecule has 4 heteroatoms. The largest absolute Gasteiger partial charge is 0.508 e. The molecule has 0 bridgehead atoms. The van der Waals surface area contributed by atoms with Crippen LogP contribution < -0.4 is 4.74 Å². The fraction of sp³-hybridized carbons (Fsp3) is 0.640. The van der Waals surface area contributed by atoms with E-state index in [0.29, 0.717) is 11.7 Å². The van der Waals surface area contributed by atoms with E-state index in [2.05, 4.69) is 45.8 Å². The van der Waals surface area contributed by atoms with Gasteiger partial charge in [-0.05, 0) is 49.8 Å². The maximum atomic E-state index is 11.1. The third kappa shape index (κ3) is 3.67. The summed E-state index contributed by atoms with van der Waals surface area (Å²) in [5, 5.41) is 15.1. The molecule has 1 aromatic heterocycles. The molecule has 1 N–H and O–H groups in total. The Hall–Kier alpha value is -1.97. The molecule has 1 aliphatic carbocycles. The lowest BCUT2D eigenvalue weighted by Gasteiger charge is -2.47. The van der Waals surface area contributed by atoms with Crippen molar-refractivity contribution in [2.24, 2.45) is 5.92 Å². The zero-order chi connectivity index (χ0) is 20.8. The summed E-state index contributed by atoms with van der Waals surface area (Å²) >= 11 is 0. The fourth-order valence-electron chi connectivity index (χ4n) is 5.33. The summed E-state index contributed by atoms with van der Waals surface area (Å²) < 4.78 is 12.0. The minimum absolute atomic E-state index is 0.00920. The molecular formula is C25H35NO3. The van der Waals surface area contributed by atoms with Crippen LogP contribution in [0.3, 0.4) is 0 Å². The van der Waals surface area contributed by atoms with Crippen molar-refractivity contribution in [3.8, 4) is 11.5 Å². The predicted molar refractivity (Wildman–Crippen MR) is 115 cm³/mol. The van der Waals surface area contributed by atoms with Gasteiger partial charge in [0.1, 0.15) is 22.9 Å². The molecule has 0 saturated heterocycles. The Bertz CT molecular complexity index is 880. The molecule has 0 spiro atoms. The van der Waals surface area contributed by atoms with E-state index in [1.165, 1.54) is 31.2 Å². The van der Waals surface area contributed by atoms with Crippen LogP contribution >= 0.6 is 0 Å². The van der Waals surface area contributed by atoms with E-state index in [0.717, 1.165) is 41.9 Å². The third-order valence-electron chi connectivity index (χ3n) is 7.25. The number of phenols is 1. The minimum atomic E-state index is -0.303. The number of nitrogens with zero attached hydrogens (tertiary/aromatic N) is 1. The van der Waals surface area contributed by atoms with Crippen LogP contribution in [-0.2, 0) is 18.3 Å². The number of aromatic nitrogens is 1. The van der Waals surface area contributed by atoms with Gasteiger partial charge in [-0.25, -0.2) is 0 Å². The highest BCUT2D eigenvalue weighted by Gasteiger charge is 2.48. The van der Waals surface area contributed by atoms with Crippen molar-refractivity contribution in [3.05, 3.63) is 40.8 Å². The molecule has 29 heavy (non-hydrogen) atoms. The molecular weight excluding hydrogens is 362 g/mol. The summed E-state index contributed by atoms with van der Waals surface area (Å²) in [4.78, 5) is 0. The van der Waals surface area contributed by atoms with Crippen molar-refractivity contribution in [1.82, 2.24) is 5.16 Å². The number of fused-ring (bicyclic) bond motifs is 4. The van der Waals surface area contributed by atoms with Gasteiger partial charge in [-0.1, -0.05) is 51.6 Å². The highest BCUT2D eigenvalue weighted by molar-refractivity contribution is 5.54. The molecule has 0 fully saturated rings. The Morgan fingerprint density at radius 3 is 2.72 bits per heavy atom. The van der Waals surface area contributed by atoms with Crippen molar-refractivity contribution >= 4 is 0 Å². The number of rotatable bonds is 6. The van der Waals surface area contributed by atoms with Crippen LogP contribution in [0.2, 0.25) is 0 Å². The average molecular weight is 398 g/mol. The summed E-state index contributed by atoms with van der Waals surface area (Å²) in [6, 6.07) is 4.16. The maximum Gasteiger partial charge on any atom is 0.140 e. The number of hydrogen-bond acceptors (Lipinski definition) is 4. The first kappa shape index (κ1) is 20.3. The predicted octanol–water partition coefficient (Wildman–Crippen LogP) is 6.30. The lowest BCUT2D eigenvalue weighted by Crippen LogP contribution is -2.47. The van der Waals surface area contributed by atoms with Crippen molar-refractivity contribution in [1.29, 1.82) is 0 Å². The second kappa shape index (κ2) is 7.37. The summed E-state index contributed by atoms with van der Waals surface area (Å²) in [6.45, 7) is 11.1. The van der Waals surface area contributed by atoms with Crippen LogP contribution in [0.15, 0.2) is 22.9 Å². The third-order valence-corrected chi connectivity index (χ3v) is 7.25. The summed E-state index contributed by atoms with van der Waals surface area (Å²) in [5.74, 6) is 2.65. The van der Waals surface area contributed by atoms with Crippen LogP contribution in [0.4, 0.5) is 0 Å². The molecule has 1 aromatic carbocycles. The van der Waals surface area contributed by atoms with Crippen LogP contribution in [0.5, 0.6) is 11.5 Å². The zero-order valence-electron chi connectivity index (χ0n) is 18.5. The van der Waals surface area contributed by atoms with Crippen LogP contribution in [0.25, 0.3) is 0 Å². The van der Waals surface area contributed by atoms with Gasteiger partial charge in [0.15, 0.2) is 0 Å². The molecule has 4 rings (SSSR count). The number of ether oxygens (including phenoxy) is 1. The smallest absolute Gasteiger partial charge is 0.140 e. The van der Waals surface area contributed by atoms with Crippen LogP contribution in [0, 0.1) is 5.92 Å². The van der Waals surface area contributed by atoms with E-state index >= 15 is 0 Å². The van der Waals surface area contributed by atoms with Crippen molar-refractivity contribution in [2.45, 2.75) is 96.5 Å². The van der Waals surface area contributed by atoms with Gasteiger partial charge in [-0.15, -0.1) is 0 Å². The number of hydrogen-bond donors (Lipinski definition) is 1. The standard InChI is InChI=1S/C25H35NO3/c1-6-7-8-9-10-24(2,3)17-12-20(27)23-18-14-21-16(15-26-29-21)11-19(18)25(4,5)28-22(23)13-17/h12-13,15,18-19,27H,6-11,14H2,1-5H3/t18-,19-/m1/s1. The second-order valence-corrected chi connectivity index (χ2v) is 10.2. The van der Waals surface area contributed by atoms with E-state index in [9.17, 15) is 5.11 Å². The van der Waals surface area contributed by atoms with E-state index in [4.69, 9.17) is 9.26 Å². The van der Waals surface area contributed by atoms with Gasteiger partial charge in [0, 0.05) is 29.4 Å². The summed E-state index contributed by atoms with van der Waals surface area (Å²) in [6.07, 6.45) is 9.61. The van der Waals surface area contributed by atoms with E-state index in [1.807, 2.05) is 12.3 Å². The average Bonchev–Trinajstić information content (AvgIpc) is 3.11. The van der Waals surface area contributed by atoms with Crippen LogP contribution in [-0.4, -0.2) is 15.9 Å². The molecule has 0 unspecified atom stereocenters. The summed E-state index contributed by atoms with van der Waals surface area (Å²) in [7, 11) is 0. The van der Waals surface area contributed by atoms with E-state index in [1.54, 1.807) is 0 Å². The van der Waals surface area contributed by atoms with Gasteiger partial charge in [-0.2, -0.15) is 0 Å². The van der Waals surface area contributed by atoms with Crippen molar-refractivity contribution < 1.29 is 14.4 Å². The molecule has 1 aliphatic heterocycles. The van der Waals surface area contributed by atoms with E-state index in [-0.39, 0.29) is 16.9 Å².